The van der Waals surface area contributed by atoms with Crippen molar-refractivity contribution < 1.29 is 0 Å². The van der Waals surface area contributed by atoms with E-state index >= 15 is 0 Å². The van der Waals surface area contributed by atoms with Crippen molar-refractivity contribution in [2.75, 3.05) is 0 Å². The van der Waals surface area contributed by atoms with E-state index in [9.17, 15) is 0 Å². The topological polar surface area (TPSA) is 43.6 Å². The summed E-state index contributed by atoms with van der Waals surface area (Å²) >= 11 is 3.79. The molecule has 0 bridgehead atoms. The minimum Gasteiger partial charge on any atom is -0.309 e. The summed E-state index contributed by atoms with van der Waals surface area (Å²) in [4.78, 5) is 20.4. The number of hydrogen-bond acceptors (Lipinski definition) is 5. The van der Waals surface area contributed by atoms with E-state index in [1.165, 1.54) is 63.7 Å². The van der Waals surface area contributed by atoms with E-state index in [1.54, 1.807) is 0 Å². The summed E-state index contributed by atoms with van der Waals surface area (Å²) in [5.74, 6) is 1.93. The summed E-state index contributed by atoms with van der Waals surface area (Å²) in [6.45, 7) is 4.77. The van der Waals surface area contributed by atoms with Gasteiger partial charge in [-0.05, 0) is 94.0 Å². The maximum atomic E-state index is 5.03. The lowest BCUT2D eigenvalue weighted by atomic mass is 9.81. The zero-order valence-electron chi connectivity index (χ0n) is 32.9. The van der Waals surface area contributed by atoms with Crippen LogP contribution in [-0.2, 0) is 5.41 Å². The monoisotopic (exact) mass is 804 g/mol. The first-order valence-corrected chi connectivity index (χ1v) is 21.9. The highest BCUT2D eigenvalue weighted by Gasteiger charge is 2.37. The van der Waals surface area contributed by atoms with Gasteiger partial charge >= 0.3 is 0 Å². The van der Waals surface area contributed by atoms with Crippen LogP contribution in [0.4, 0.5) is 0 Å². The summed E-state index contributed by atoms with van der Waals surface area (Å²) in [7, 11) is 0. The van der Waals surface area contributed by atoms with Crippen molar-refractivity contribution in [3.63, 3.8) is 0 Å². The number of fused-ring (bicyclic) bond motifs is 8. The number of rotatable bonds is 5. The molecule has 0 spiro atoms. The third-order valence-corrected chi connectivity index (χ3v) is 14.6. The molecule has 0 atom stereocenters. The van der Waals surface area contributed by atoms with Gasteiger partial charge in [0, 0.05) is 58.1 Å². The number of benzene rings is 8. The number of aromatic nitrogens is 4. The molecule has 12 rings (SSSR count). The van der Waals surface area contributed by atoms with Gasteiger partial charge < -0.3 is 4.57 Å². The van der Waals surface area contributed by atoms with Crippen LogP contribution in [-0.4, -0.2) is 19.5 Å². The van der Waals surface area contributed by atoms with Gasteiger partial charge in [0.2, 0.25) is 0 Å². The summed E-state index contributed by atoms with van der Waals surface area (Å²) in [6, 6.07) is 65.3. The highest BCUT2D eigenvalue weighted by atomic mass is 32.2. The van der Waals surface area contributed by atoms with Crippen LogP contribution in [0.15, 0.2) is 202 Å². The largest absolute Gasteiger partial charge is 0.309 e. The molecule has 0 radical (unpaired) electrons. The molecule has 0 unspecified atom stereocenters. The lowest BCUT2D eigenvalue weighted by molar-refractivity contribution is 0.658. The van der Waals surface area contributed by atoms with Crippen molar-refractivity contribution in [2.24, 2.45) is 0 Å². The molecule has 2 aliphatic rings. The first-order chi connectivity index (χ1) is 29.5. The van der Waals surface area contributed by atoms with Gasteiger partial charge in [-0.15, -0.1) is 0 Å². The van der Waals surface area contributed by atoms with E-state index < -0.39 is 0 Å². The maximum absolute atomic E-state index is 5.03. The Morgan fingerprint density at radius 1 is 0.383 bits per heavy atom. The molecular weight excluding hydrogens is 769 g/mol. The summed E-state index contributed by atoms with van der Waals surface area (Å²) in [5, 5.41) is 2.43. The average molecular weight is 805 g/mol. The van der Waals surface area contributed by atoms with Gasteiger partial charge in [0.05, 0.1) is 11.0 Å². The van der Waals surface area contributed by atoms with Crippen LogP contribution in [0.3, 0.4) is 0 Å². The zero-order chi connectivity index (χ0) is 40.0. The van der Waals surface area contributed by atoms with Gasteiger partial charge in [-0.25, -0.2) is 15.0 Å². The Morgan fingerprint density at radius 3 is 1.65 bits per heavy atom. The van der Waals surface area contributed by atoms with Crippen molar-refractivity contribution >= 4 is 45.3 Å². The molecule has 3 heterocycles. The first kappa shape index (κ1) is 35.2. The first-order valence-electron chi connectivity index (χ1n) is 20.3. The minimum absolute atomic E-state index is 0.120. The molecule has 0 fully saturated rings. The third-order valence-electron chi connectivity index (χ3n) is 12.1. The van der Waals surface area contributed by atoms with Gasteiger partial charge in [-0.1, -0.05) is 159 Å². The Bertz CT molecular complexity index is 3290. The van der Waals surface area contributed by atoms with Gasteiger partial charge in [-0.2, -0.15) is 0 Å². The molecule has 6 heteroatoms. The fourth-order valence-corrected chi connectivity index (χ4v) is 11.4. The van der Waals surface area contributed by atoms with Crippen LogP contribution in [0, 0.1) is 0 Å². The molecule has 10 aromatic rings. The van der Waals surface area contributed by atoms with Crippen LogP contribution in [0.1, 0.15) is 25.0 Å². The van der Waals surface area contributed by atoms with Crippen LogP contribution in [0.25, 0.3) is 83.9 Å². The molecule has 60 heavy (non-hydrogen) atoms. The maximum Gasteiger partial charge on any atom is 0.164 e. The van der Waals surface area contributed by atoms with Crippen LogP contribution < -0.4 is 0 Å². The molecule has 0 saturated heterocycles. The number of hydrogen-bond donors (Lipinski definition) is 0. The third kappa shape index (κ3) is 5.66. The van der Waals surface area contributed by atoms with Gasteiger partial charge in [-0.3, -0.25) is 0 Å². The molecule has 8 aromatic carbocycles. The Morgan fingerprint density at radius 2 is 0.933 bits per heavy atom. The summed E-state index contributed by atoms with van der Waals surface area (Å²) < 4.78 is 2.37. The van der Waals surface area contributed by atoms with Crippen molar-refractivity contribution in [3.8, 4) is 62.1 Å². The lowest BCUT2D eigenvalue weighted by Crippen LogP contribution is -2.15. The number of para-hydroxylation sites is 1. The predicted molar refractivity (Wildman–Crippen MR) is 248 cm³/mol. The van der Waals surface area contributed by atoms with E-state index in [0.717, 1.165) is 33.4 Å². The second-order valence-corrected chi connectivity index (χ2v) is 18.2. The minimum atomic E-state index is -0.120. The van der Waals surface area contributed by atoms with Crippen molar-refractivity contribution in [2.45, 2.75) is 38.8 Å². The average Bonchev–Trinajstić information content (AvgIpc) is 3.75. The molecule has 1 aliphatic carbocycles. The highest BCUT2D eigenvalue weighted by Crippen LogP contribution is 2.56. The van der Waals surface area contributed by atoms with Gasteiger partial charge in [0.1, 0.15) is 0 Å². The van der Waals surface area contributed by atoms with E-state index in [2.05, 4.69) is 140 Å². The normalized spacial score (nSPS) is 13.5. The van der Waals surface area contributed by atoms with E-state index in [4.69, 9.17) is 15.0 Å². The molecule has 0 N–H and O–H groups in total. The highest BCUT2D eigenvalue weighted by molar-refractivity contribution is 8.05. The second kappa shape index (κ2) is 13.7. The summed E-state index contributed by atoms with van der Waals surface area (Å²) in [5.41, 5.74) is 14.0. The van der Waals surface area contributed by atoms with E-state index in [-0.39, 0.29) is 5.41 Å². The molecule has 2 aromatic heterocycles. The molecular formula is C54H36N4S2. The molecule has 284 valence electrons. The fraction of sp³-hybridized carbons (Fsp3) is 0.0556. The fourth-order valence-electron chi connectivity index (χ4n) is 9.09. The van der Waals surface area contributed by atoms with Crippen LogP contribution in [0.5, 0.6) is 0 Å². The lowest BCUT2D eigenvalue weighted by Gasteiger charge is -2.24. The van der Waals surface area contributed by atoms with Crippen molar-refractivity contribution in [1.82, 2.24) is 19.5 Å². The smallest absolute Gasteiger partial charge is 0.164 e. The molecule has 0 saturated carbocycles. The second-order valence-electron chi connectivity index (χ2n) is 16.1. The quantitative estimate of drug-likeness (QED) is 0.173. The Labute approximate surface area is 357 Å². The van der Waals surface area contributed by atoms with Crippen molar-refractivity contribution in [3.05, 3.63) is 193 Å². The zero-order valence-corrected chi connectivity index (χ0v) is 34.6. The van der Waals surface area contributed by atoms with Gasteiger partial charge in [0.15, 0.2) is 17.5 Å². The van der Waals surface area contributed by atoms with E-state index in [0.29, 0.717) is 17.5 Å². The molecule has 0 amide bonds. The Kier molecular flexibility index (Phi) is 8.03. The molecule has 1 aliphatic heterocycles. The Balaban J connectivity index is 0.944. The molecule has 4 nitrogen and oxygen atoms in total. The Hall–Kier alpha value is -6.73. The summed E-state index contributed by atoms with van der Waals surface area (Å²) in [6.07, 6.45) is 0. The van der Waals surface area contributed by atoms with Crippen molar-refractivity contribution in [1.29, 1.82) is 0 Å². The van der Waals surface area contributed by atoms with E-state index in [1.807, 2.05) is 84.2 Å². The number of nitrogens with zero attached hydrogens (tertiary/aromatic N) is 4. The SMILES string of the molecule is CC1(C)c2cc(-c3ccc4c(c3)c3ccccc3n4-c3cccc(-c4nc(-c5ccccc5)nc(-c5ccccc5)n4)c3)ccc2-c2cc3c(cc21)Sc1ccccc1S3. The standard InChI is InChI=1S/C54H36N4S2/c1-54(2)43-30-36(24-26-39(43)41-31-49-50(32-44(41)54)60-48-23-12-11-22-47(48)59-49)35-25-27-46-42(29-35)40-20-9-10-21-45(40)58(46)38-19-13-18-37(28-38)53-56-51(33-14-5-3-6-15-33)55-52(57-53)34-16-7-4-8-17-34/h3-32H,1-2H3. The predicted octanol–water partition coefficient (Wildman–Crippen LogP) is 14.6. The van der Waals surface area contributed by atoms with Gasteiger partial charge in [0.25, 0.3) is 0 Å². The van der Waals surface area contributed by atoms with Crippen LogP contribution in [0.2, 0.25) is 0 Å². The van der Waals surface area contributed by atoms with Crippen LogP contribution >= 0.6 is 23.5 Å².